The number of urea groups is 1. The molecule has 0 aromatic heterocycles. The Morgan fingerprint density at radius 1 is 1.14 bits per heavy atom. The van der Waals surface area contributed by atoms with Crippen molar-refractivity contribution in [3.05, 3.63) is 0 Å². The van der Waals surface area contributed by atoms with Gasteiger partial charge in [0.1, 0.15) is 0 Å². The second-order valence-electron chi connectivity index (χ2n) is 7.38. The van der Waals surface area contributed by atoms with Gasteiger partial charge in [-0.1, -0.05) is 6.42 Å². The van der Waals surface area contributed by atoms with Crippen molar-refractivity contribution < 1.29 is 9.90 Å². The Bertz CT molecular complexity index is 374. The Hall–Kier alpha value is -0.810. The highest BCUT2D eigenvalue weighted by molar-refractivity contribution is 5.75. The van der Waals surface area contributed by atoms with E-state index in [1.807, 2.05) is 4.90 Å². The van der Waals surface area contributed by atoms with E-state index in [-0.39, 0.29) is 18.7 Å². The quantitative estimate of drug-likeness (QED) is 0.838. The number of carbonyl (C=O) groups excluding carboxylic acids is 1. The Morgan fingerprint density at radius 3 is 2.55 bits per heavy atom. The van der Waals surface area contributed by atoms with E-state index in [9.17, 15) is 9.90 Å². The van der Waals surface area contributed by atoms with Crippen molar-refractivity contribution in [3.63, 3.8) is 0 Å². The summed E-state index contributed by atoms with van der Waals surface area (Å²) < 4.78 is 0. The zero-order valence-corrected chi connectivity index (χ0v) is 13.8. The van der Waals surface area contributed by atoms with Gasteiger partial charge in [0.05, 0.1) is 0 Å². The third-order valence-electron chi connectivity index (χ3n) is 6.02. The highest BCUT2D eigenvalue weighted by Gasteiger charge is 2.37. The Morgan fingerprint density at radius 2 is 1.86 bits per heavy atom. The third kappa shape index (κ3) is 3.40. The maximum absolute atomic E-state index is 12.7. The summed E-state index contributed by atoms with van der Waals surface area (Å²) in [6.45, 7) is 1.02. The molecule has 3 fully saturated rings. The Labute approximate surface area is 134 Å². The predicted octanol–water partition coefficient (Wildman–Crippen LogP) is 1.95. The van der Waals surface area contributed by atoms with Crippen molar-refractivity contribution in [1.29, 1.82) is 0 Å². The third-order valence-corrected chi connectivity index (χ3v) is 6.02. The molecule has 5 nitrogen and oxygen atoms in total. The normalized spacial score (nSPS) is 36.2. The average Bonchev–Trinajstić information content (AvgIpc) is 2.49. The average molecular weight is 309 g/mol. The lowest BCUT2D eigenvalue weighted by Crippen LogP contribution is -2.58. The monoisotopic (exact) mass is 309 g/mol. The Balaban J connectivity index is 1.57. The second-order valence-corrected chi connectivity index (χ2v) is 7.38. The van der Waals surface area contributed by atoms with Crippen LogP contribution in [0.25, 0.3) is 0 Å². The van der Waals surface area contributed by atoms with Crippen molar-refractivity contribution in [2.45, 2.75) is 82.0 Å². The number of piperidine rings is 3. The number of carbonyl (C=O) groups is 1. The summed E-state index contributed by atoms with van der Waals surface area (Å²) in [6.07, 6.45) is 10.1. The van der Waals surface area contributed by atoms with Crippen molar-refractivity contribution in [2.24, 2.45) is 0 Å². The fraction of sp³-hybridized carbons (Fsp3) is 0.941. The highest BCUT2D eigenvalue weighted by atomic mass is 16.3. The molecule has 0 aromatic carbocycles. The van der Waals surface area contributed by atoms with E-state index < -0.39 is 0 Å². The van der Waals surface area contributed by atoms with Gasteiger partial charge in [0.2, 0.25) is 0 Å². The zero-order chi connectivity index (χ0) is 15.5. The molecule has 0 aliphatic carbocycles. The number of nitrogens with zero attached hydrogens (tertiary/aromatic N) is 2. The lowest BCUT2D eigenvalue weighted by Gasteiger charge is -2.47. The fourth-order valence-electron chi connectivity index (χ4n) is 4.71. The lowest BCUT2D eigenvalue weighted by molar-refractivity contribution is 0.0476. The van der Waals surface area contributed by atoms with Crippen LogP contribution in [-0.2, 0) is 0 Å². The number of aliphatic hydroxyl groups excluding tert-OH is 1. The van der Waals surface area contributed by atoms with Crippen LogP contribution in [0, 0.1) is 0 Å². The Kier molecular flexibility index (Phi) is 5.24. The number of hydrogen-bond donors (Lipinski definition) is 2. The summed E-state index contributed by atoms with van der Waals surface area (Å²) in [4.78, 5) is 17.2. The minimum Gasteiger partial charge on any atom is -0.396 e. The summed E-state index contributed by atoms with van der Waals surface area (Å²) in [5, 5.41) is 12.5. The van der Waals surface area contributed by atoms with E-state index in [1.165, 1.54) is 25.7 Å². The number of likely N-dealkylation sites (tertiary alicyclic amines) is 1. The molecule has 0 aromatic rings. The molecular formula is C17H31N3O2. The van der Waals surface area contributed by atoms with E-state index >= 15 is 0 Å². The minimum absolute atomic E-state index is 0.103. The van der Waals surface area contributed by atoms with Crippen LogP contribution in [-0.4, -0.2) is 65.3 Å². The maximum Gasteiger partial charge on any atom is 0.317 e. The van der Waals surface area contributed by atoms with Crippen LogP contribution in [0.2, 0.25) is 0 Å². The van der Waals surface area contributed by atoms with Gasteiger partial charge < -0.3 is 20.2 Å². The molecule has 2 N–H and O–H groups in total. The van der Waals surface area contributed by atoms with Gasteiger partial charge in [-0.2, -0.15) is 0 Å². The number of amides is 2. The van der Waals surface area contributed by atoms with E-state index in [1.54, 1.807) is 0 Å². The number of fused-ring (bicyclic) bond motifs is 2. The summed E-state index contributed by atoms with van der Waals surface area (Å²) >= 11 is 0. The molecule has 0 saturated carbocycles. The van der Waals surface area contributed by atoms with Gasteiger partial charge in [-0.05, 0) is 58.4 Å². The van der Waals surface area contributed by atoms with Crippen LogP contribution in [0.4, 0.5) is 4.79 Å². The molecule has 5 heteroatoms. The van der Waals surface area contributed by atoms with Crippen LogP contribution >= 0.6 is 0 Å². The SMILES string of the molecule is CN1C2CCCC1CC(NC(=O)N1CCCCC1CCO)C2. The van der Waals surface area contributed by atoms with Gasteiger partial charge in [-0.15, -0.1) is 0 Å². The molecule has 3 unspecified atom stereocenters. The number of rotatable bonds is 3. The first kappa shape index (κ1) is 16.1. The molecule has 3 atom stereocenters. The first-order valence-electron chi connectivity index (χ1n) is 9.09. The zero-order valence-electron chi connectivity index (χ0n) is 13.8. The van der Waals surface area contributed by atoms with Gasteiger partial charge in [0.15, 0.2) is 0 Å². The van der Waals surface area contributed by atoms with Crippen LogP contribution in [0.3, 0.4) is 0 Å². The molecule has 3 saturated heterocycles. The summed E-state index contributed by atoms with van der Waals surface area (Å²) in [5.41, 5.74) is 0. The van der Waals surface area contributed by atoms with Crippen molar-refractivity contribution in [2.75, 3.05) is 20.2 Å². The number of aliphatic hydroxyl groups is 1. The molecule has 3 rings (SSSR count). The lowest BCUT2D eigenvalue weighted by atomic mass is 9.82. The number of nitrogens with one attached hydrogen (secondary N) is 1. The predicted molar refractivity (Wildman–Crippen MR) is 86.8 cm³/mol. The first-order valence-corrected chi connectivity index (χ1v) is 9.09. The summed E-state index contributed by atoms with van der Waals surface area (Å²) in [5.74, 6) is 0. The molecule has 0 radical (unpaired) electrons. The van der Waals surface area contributed by atoms with Crippen LogP contribution in [0.5, 0.6) is 0 Å². The molecular weight excluding hydrogens is 278 g/mol. The molecule has 2 amide bonds. The topological polar surface area (TPSA) is 55.8 Å². The van der Waals surface area contributed by atoms with Gasteiger partial charge in [-0.3, -0.25) is 0 Å². The van der Waals surface area contributed by atoms with E-state index in [4.69, 9.17) is 0 Å². The second kappa shape index (κ2) is 7.18. The molecule has 2 bridgehead atoms. The highest BCUT2D eigenvalue weighted by Crippen LogP contribution is 2.32. The molecule has 3 aliphatic rings. The van der Waals surface area contributed by atoms with Crippen molar-refractivity contribution >= 4 is 6.03 Å². The fourth-order valence-corrected chi connectivity index (χ4v) is 4.71. The summed E-state index contributed by atoms with van der Waals surface area (Å²) in [6, 6.07) is 1.95. The molecule has 3 aliphatic heterocycles. The largest absolute Gasteiger partial charge is 0.396 e. The van der Waals surface area contributed by atoms with Gasteiger partial charge in [0.25, 0.3) is 0 Å². The van der Waals surface area contributed by atoms with Crippen LogP contribution < -0.4 is 5.32 Å². The molecule has 126 valence electrons. The first-order chi connectivity index (χ1) is 10.7. The summed E-state index contributed by atoms with van der Waals surface area (Å²) in [7, 11) is 2.24. The van der Waals surface area contributed by atoms with Crippen LogP contribution in [0.15, 0.2) is 0 Å². The van der Waals surface area contributed by atoms with E-state index in [0.717, 1.165) is 32.2 Å². The number of hydrogen-bond acceptors (Lipinski definition) is 3. The standard InChI is InChI=1S/C17H31N3O2/c1-19-15-6-4-7-16(19)12-13(11-15)18-17(22)20-9-3-2-5-14(20)8-10-21/h13-16,21H,2-12H2,1H3,(H,18,22). The molecule has 0 spiro atoms. The molecule has 3 heterocycles. The van der Waals surface area contributed by atoms with Gasteiger partial charge >= 0.3 is 6.03 Å². The minimum atomic E-state index is 0.103. The van der Waals surface area contributed by atoms with Gasteiger partial charge in [0, 0.05) is 37.3 Å². The van der Waals surface area contributed by atoms with Crippen molar-refractivity contribution in [3.8, 4) is 0 Å². The van der Waals surface area contributed by atoms with Crippen LogP contribution in [0.1, 0.15) is 57.8 Å². The van der Waals surface area contributed by atoms with E-state index in [0.29, 0.717) is 24.5 Å². The smallest absolute Gasteiger partial charge is 0.317 e. The van der Waals surface area contributed by atoms with Crippen molar-refractivity contribution in [1.82, 2.24) is 15.1 Å². The maximum atomic E-state index is 12.7. The molecule has 22 heavy (non-hydrogen) atoms. The van der Waals surface area contributed by atoms with Gasteiger partial charge in [-0.25, -0.2) is 4.79 Å². The van der Waals surface area contributed by atoms with E-state index in [2.05, 4.69) is 17.3 Å².